The predicted octanol–water partition coefficient (Wildman–Crippen LogP) is 1.90. The zero-order valence-electron chi connectivity index (χ0n) is 18.0. The second-order valence-electron chi connectivity index (χ2n) is 8.41. The third-order valence-electron chi connectivity index (χ3n) is 6.08. The van der Waals surface area contributed by atoms with Gasteiger partial charge in [-0.25, -0.2) is 4.79 Å². The van der Waals surface area contributed by atoms with Gasteiger partial charge in [-0.15, -0.1) is 0 Å². The summed E-state index contributed by atoms with van der Waals surface area (Å²) < 4.78 is 5.24. The van der Waals surface area contributed by atoms with Gasteiger partial charge in [0.2, 0.25) is 11.8 Å². The van der Waals surface area contributed by atoms with Gasteiger partial charge in [0.15, 0.2) is 0 Å². The zero-order chi connectivity index (χ0) is 20.7. The summed E-state index contributed by atoms with van der Waals surface area (Å²) in [6, 6.07) is 0.0445. The third-order valence-corrected chi connectivity index (χ3v) is 6.08. The molecule has 0 spiro atoms. The van der Waals surface area contributed by atoms with Crippen LogP contribution in [0.15, 0.2) is 0 Å². The van der Waals surface area contributed by atoms with E-state index in [0.717, 1.165) is 26.2 Å². The summed E-state index contributed by atoms with van der Waals surface area (Å²) in [5.41, 5.74) is 0. The Bertz CT molecular complexity index is 538. The molecule has 28 heavy (non-hydrogen) atoms. The van der Waals surface area contributed by atoms with Crippen LogP contribution in [0.3, 0.4) is 0 Å². The van der Waals surface area contributed by atoms with E-state index in [4.69, 9.17) is 4.74 Å². The molecule has 7 heteroatoms. The fraction of sp³-hybridized carbons (Fsp3) is 0.857. The summed E-state index contributed by atoms with van der Waals surface area (Å²) >= 11 is 0. The highest BCUT2D eigenvalue weighted by atomic mass is 16.5. The zero-order valence-corrected chi connectivity index (χ0v) is 18.0. The van der Waals surface area contributed by atoms with Crippen LogP contribution in [0.25, 0.3) is 0 Å². The summed E-state index contributed by atoms with van der Waals surface area (Å²) in [5.74, 6) is -0.702. The molecule has 0 aromatic heterocycles. The van der Waals surface area contributed by atoms with Crippen LogP contribution in [0.4, 0.5) is 0 Å². The fourth-order valence-corrected chi connectivity index (χ4v) is 4.06. The van der Waals surface area contributed by atoms with Gasteiger partial charge in [0, 0.05) is 45.2 Å². The molecule has 0 aromatic rings. The molecule has 2 rings (SSSR count). The van der Waals surface area contributed by atoms with Crippen molar-refractivity contribution in [3.05, 3.63) is 0 Å². The highest BCUT2D eigenvalue weighted by Crippen LogP contribution is 2.23. The van der Waals surface area contributed by atoms with E-state index in [1.165, 1.54) is 37.0 Å². The number of likely N-dealkylation sites (N-methyl/N-ethyl adjacent to an activating group) is 1. The number of amides is 2. The lowest BCUT2D eigenvalue weighted by Crippen LogP contribution is -2.52. The minimum absolute atomic E-state index is 0.0374. The Morgan fingerprint density at radius 1 is 1.00 bits per heavy atom. The van der Waals surface area contributed by atoms with Gasteiger partial charge in [0.1, 0.15) is 12.6 Å². The van der Waals surface area contributed by atoms with E-state index in [-0.39, 0.29) is 30.8 Å². The Labute approximate surface area is 169 Å². The molecule has 1 atom stereocenters. The van der Waals surface area contributed by atoms with E-state index in [9.17, 15) is 14.4 Å². The number of nitrogens with zero attached hydrogens (tertiary/aromatic N) is 3. The molecule has 2 amide bonds. The average molecular weight is 396 g/mol. The van der Waals surface area contributed by atoms with Gasteiger partial charge in [-0.3, -0.25) is 14.5 Å². The molecule has 2 fully saturated rings. The van der Waals surface area contributed by atoms with E-state index < -0.39 is 12.0 Å². The fourth-order valence-electron chi connectivity index (χ4n) is 4.06. The van der Waals surface area contributed by atoms with Crippen LogP contribution < -0.4 is 0 Å². The van der Waals surface area contributed by atoms with Crippen LogP contribution in [0, 0.1) is 5.92 Å². The van der Waals surface area contributed by atoms with Crippen molar-refractivity contribution >= 4 is 17.8 Å². The van der Waals surface area contributed by atoms with Crippen molar-refractivity contribution in [1.82, 2.24) is 14.7 Å². The maximum Gasteiger partial charge on any atom is 0.328 e. The van der Waals surface area contributed by atoms with Gasteiger partial charge in [-0.1, -0.05) is 33.1 Å². The van der Waals surface area contributed by atoms with Crippen LogP contribution >= 0.6 is 0 Å². The van der Waals surface area contributed by atoms with E-state index in [1.807, 2.05) is 4.90 Å². The van der Waals surface area contributed by atoms with Crippen molar-refractivity contribution < 1.29 is 19.1 Å². The molecule has 0 unspecified atom stereocenters. The molecule has 1 saturated heterocycles. The van der Waals surface area contributed by atoms with Crippen molar-refractivity contribution in [1.29, 1.82) is 0 Å². The lowest BCUT2D eigenvalue weighted by Gasteiger charge is -2.40. The SMILES string of the molecule is CC(C)C(=O)N(C)[C@H](C)C(=O)OCCC(=O)N1CCN(C2CCCCC2)CC1. The minimum atomic E-state index is -0.649. The van der Waals surface area contributed by atoms with Gasteiger partial charge >= 0.3 is 5.97 Å². The normalized spacial score (nSPS) is 20.1. The molecular weight excluding hydrogens is 358 g/mol. The Balaban J connectivity index is 1.67. The number of ether oxygens (including phenoxy) is 1. The predicted molar refractivity (Wildman–Crippen MR) is 108 cm³/mol. The molecule has 7 nitrogen and oxygen atoms in total. The number of piperazine rings is 1. The lowest BCUT2D eigenvalue weighted by molar-refractivity contribution is -0.155. The van der Waals surface area contributed by atoms with Crippen LogP contribution in [-0.2, 0) is 19.1 Å². The van der Waals surface area contributed by atoms with E-state index in [1.54, 1.807) is 27.8 Å². The molecule has 0 bridgehead atoms. The van der Waals surface area contributed by atoms with Crippen LogP contribution in [0.5, 0.6) is 0 Å². The third kappa shape index (κ3) is 6.19. The van der Waals surface area contributed by atoms with Crippen molar-refractivity contribution in [2.75, 3.05) is 39.8 Å². The molecular formula is C21H37N3O4. The largest absolute Gasteiger partial charge is 0.464 e. The molecule has 1 aliphatic carbocycles. The van der Waals surface area contributed by atoms with Gasteiger partial charge in [-0.05, 0) is 19.8 Å². The van der Waals surface area contributed by atoms with Crippen LogP contribution in [0.2, 0.25) is 0 Å². The maximum atomic E-state index is 12.4. The topological polar surface area (TPSA) is 70.2 Å². The molecule has 160 valence electrons. The Kier molecular flexibility index (Phi) is 8.73. The number of hydrogen-bond donors (Lipinski definition) is 0. The van der Waals surface area contributed by atoms with Gasteiger partial charge in [0.25, 0.3) is 0 Å². The van der Waals surface area contributed by atoms with Crippen molar-refractivity contribution in [2.24, 2.45) is 5.92 Å². The van der Waals surface area contributed by atoms with Gasteiger partial charge in [0.05, 0.1) is 6.42 Å². The molecule has 0 aromatic carbocycles. The van der Waals surface area contributed by atoms with Crippen LogP contribution in [0.1, 0.15) is 59.3 Å². The second-order valence-corrected chi connectivity index (χ2v) is 8.41. The van der Waals surface area contributed by atoms with Crippen molar-refractivity contribution in [3.8, 4) is 0 Å². The van der Waals surface area contributed by atoms with E-state index in [2.05, 4.69) is 4.90 Å². The number of carbonyl (C=O) groups excluding carboxylic acids is 3. The highest BCUT2D eigenvalue weighted by Gasteiger charge is 2.28. The summed E-state index contributed by atoms with van der Waals surface area (Å²) in [6.45, 7) is 8.69. The second kappa shape index (κ2) is 10.8. The van der Waals surface area contributed by atoms with E-state index in [0.29, 0.717) is 6.04 Å². The lowest BCUT2D eigenvalue weighted by atomic mass is 9.94. The van der Waals surface area contributed by atoms with Gasteiger partial charge < -0.3 is 14.5 Å². The Hall–Kier alpha value is -1.63. The number of rotatable bonds is 7. The molecule has 0 N–H and O–H groups in total. The standard InChI is InChI=1S/C21H37N3O4/c1-16(2)20(26)22(4)17(3)21(27)28-15-10-19(25)24-13-11-23(12-14-24)18-8-6-5-7-9-18/h16-18H,5-15H2,1-4H3/t17-/m1/s1. The van der Waals surface area contributed by atoms with Crippen molar-refractivity contribution in [3.63, 3.8) is 0 Å². The minimum Gasteiger partial charge on any atom is -0.464 e. The summed E-state index contributed by atoms with van der Waals surface area (Å²) in [7, 11) is 1.60. The van der Waals surface area contributed by atoms with Crippen LogP contribution in [-0.4, -0.2) is 84.4 Å². The first-order chi connectivity index (χ1) is 13.3. The monoisotopic (exact) mass is 395 g/mol. The van der Waals surface area contributed by atoms with Gasteiger partial charge in [-0.2, -0.15) is 0 Å². The number of carbonyl (C=O) groups is 3. The molecule has 2 aliphatic rings. The number of hydrogen-bond acceptors (Lipinski definition) is 5. The van der Waals surface area contributed by atoms with Crippen molar-refractivity contribution in [2.45, 2.75) is 71.4 Å². The summed E-state index contributed by atoms with van der Waals surface area (Å²) in [6.07, 6.45) is 6.78. The van der Waals surface area contributed by atoms with E-state index >= 15 is 0 Å². The average Bonchev–Trinajstić information content (AvgIpc) is 2.72. The molecule has 1 heterocycles. The highest BCUT2D eigenvalue weighted by molar-refractivity contribution is 5.85. The summed E-state index contributed by atoms with van der Waals surface area (Å²) in [4.78, 5) is 42.3. The quantitative estimate of drug-likeness (QED) is 0.616. The maximum absolute atomic E-state index is 12.4. The molecule has 1 saturated carbocycles. The first-order valence-corrected chi connectivity index (χ1v) is 10.8. The molecule has 1 aliphatic heterocycles. The smallest absolute Gasteiger partial charge is 0.328 e. The first kappa shape index (κ1) is 22.7. The Morgan fingerprint density at radius 3 is 2.18 bits per heavy atom. The first-order valence-electron chi connectivity index (χ1n) is 10.8. The Morgan fingerprint density at radius 2 is 1.61 bits per heavy atom. The number of esters is 1. The summed E-state index contributed by atoms with van der Waals surface area (Å²) in [5, 5.41) is 0. The molecule has 0 radical (unpaired) electrons.